The molecule has 0 atom stereocenters. The molecule has 11 rings (SSSR count). The molecule has 0 bridgehead atoms. The van der Waals surface area contributed by atoms with Crippen molar-refractivity contribution in [2.24, 2.45) is 0 Å². The molecular weight excluding hydrogens is 737 g/mol. The van der Waals surface area contributed by atoms with Gasteiger partial charge >= 0.3 is 0 Å². The fraction of sp³-hybridized carbons (Fsp3) is 0.0339. The molecule has 0 saturated heterocycles. The number of rotatable bonds is 8. The van der Waals surface area contributed by atoms with Crippen molar-refractivity contribution in [3.05, 3.63) is 230 Å². The van der Waals surface area contributed by atoms with E-state index in [-0.39, 0.29) is 0 Å². The predicted octanol–water partition coefficient (Wildman–Crippen LogP) is 15.9. The molecule has 0 N–H and O–H groups in total. The molecule has 2 nitrogen and oxygen atoms in total. The summed E-state index contributed by atoms with van der Waals surface area (Å²) in [4.78, 5) is 5.13. The molecular formula is C59H42N2. The average Bonchev–Trinajstić information content (AvgIpc) is 3.72. The highest BCUT2D eigenvalue weighted by atomic mass is 15.1. The highest BCUT2D eigenvalue weighted by Gasteiger charge is 2.25. The largest absolute Gasteiger partial charge is 0.295 e. The number of hydrogen-bond donors (Lipinski definition) is 0. The molecule has 0 spiro atoms. The van der Waals surface area contributed by atoms with Gasteiger partial charge in [-0.2, -0.15) is 0 Å². The lowest BCUT2D eigenvalue weighted by Crippen LogP contribution is -2.03. The Morgan fingerprint density at radius 2 is 0.770 bits per heavy atom. The van der Waals surface area contributed by atoms with Gasteiger partial charge in [0.1, 0.15) is 5.82 Å². The van der Waals surface area contributed by atoms with E-state index in [0.717, 1.165) is 28.8 Å². The van der Waals surface area contributed by atoms with E-state index in [1.807, 2.05) is 0 Å². The minimum absolute atomic E-state index is 0.823. The first-order valence-corrected chi connectivity index (χ1v) is 21.2. The van der Waals surface area contributed by atoms with Crippen LogP contribution in [0.15, 0.2) is 224 Å². The Hall–Kier alpha value is -7.81. The average molecular weight is 779 g/mol. The topological polar surface area (TPSA) is 17.8 Å². The van der Waals surface area contributed by atoms with Crippen molar-refractivity contribution in [1.29, 1.82) is 0 Å². The van der Waals surface area contributed by atoms with Gasteiger partial charge in [0.25, 0.3) is 0 Å². The van der Waals surface area contributed by atoms with Crippen molar-refractivity contribution in [3.63, 3.8) is 0 Å². The molecule has 1 aromatic heterocycles. The summed E-state index contributed by atoms with van der Waals surface area (Å²) in [6, 6.07) is 81.7. The van der Waals surface area contributed by atoms with E-state index in [2.05, 4.69) is 236 Å². The number of imidazole rings is 1. The van der Waals surface area contributed by atoms with Crippen LogP contribution in [0, 0.1) is 0 Å². The van der Waals surface area contributed by atoms with Crippen molar-refractivity contribution >= 4 is 32.6 Å². The molecule has 0 radical (unpaired) electrons. The number of para-hydroxylation sites is 2. The van der Waals surface area contributed by atoms with Crippen LogP contribution < -0.4 is 0 Å². The van der Waals surface area contributed by atoms with Gasteiger partial charge in [-0.15, -0.1) is 0 Å². The second-order valence-electron chi connectivity index (χ2n) is 15.7. The van der Waals surface area contributed by atoms with E-state index in [9.17, 15) is 0 Å². The standard InChI is InChI=1S/C59H42N2/c1-2-54-60-52-36-19-20-37-53(52)61(54)59-48-34-17-15-32-46(48)55(47-33-16-18-35-49(47)59)45-31-21-30-44(38-45)51-39-50(40-22-7-3-8-23-40)56(41-24-9-4-10-25-41)58(43-28-13-6-14-29-43)57(51)42-26-11-5-12-27-42/h3-39H,2H2,1H3. The molecule has 0 aliphatic rings. The Balaban J connectivity index is 1.24. The number of aryl methyl sites for hydroxylation is 1. The second kappa shape index (κ2) is 15.4. The van der Waals surface area contributed by atoms with Crippen molar-refractivity contribution < 1.29 is 0 Å². The number of benzene rings is 10. The summed E-state index contributed by atoms with van der Waals surface area (Å²) in [5.41, 5.74) is 17.7. The summed E-state index contributed by atoms with van der Waals surface area (Å²) in [6.45, 7) is 2.20. The Bertz CT molecular complexity index is 3310. The van der Waals surface area contributed by atoms with Crippen molar-refractivity contribution in [2.45, 2.75) is 13.3 Å². The summed E-state index contributed by atoms with van der Waals surface area (Å²) < 4.78 is 2.40. The van der Waals surface area contributed by atoms with Gasteiger partial charge in [0, 0.05) is 17.2 Å². The van der Waals surface area contributed by atoms with Gasteiger partial charge in [-0.05, 0) is 102 Å². The van der Waals surface area contributed by atoms with Gasteiger partial charge in [-0.25, -0.2) is 4.98 Å². The van der Waals surface area contributed by atoms with E-state index >= 15 is 0 Å². The van der Waals surface area contributed by atoms with Crippen LogP contribution in [-0.2, 0) is 6.42 Å². The summed E-state index contributed by atoms with van der Waals surface area (Å²) in [6.07, 6.45) is 0.823. The normalized spacial score (nSPS) is 11.4. The smallest absolute Gasteiger partial charge is 0.114 e. The lowest BCUT2D eigenvalue weighted by Gasteiger charge is -2.25. The first-order chi connectivity index (χ1) is 30.3. The number of nitrogens with zero attached hydrogens (tertiary/aromatic N) is 2. The Morgan fingerprint density at radius 1 is 0.344 bits per heavy atom. The number of hydrogen-bond acceptors (Lipinski definition) is 1. The third-order valence-electron chi connectivity index (χ3n) is 12.1. The quantitative estimate of drug-likeness (QED) is 0.141. The summed E-state index contributed by atoms with van der Waals surface area (Å²) >= 11 is 0. The van der Waals surface area contributed by atoms with Gasteiger partial charge in [-0.3, -0.25) is 4.57 Å². The third-order valence-corrected chi connectivity index (χ3v) is 12.1. The fourth-order valence-electron chi connectivity index (χ4n) is 9.52. The Labute approximate surface area is 356 Å². The van der Waals surface area contributed by atoms with Gasteiger partial charge in [0.05, 0.1) is 16.7 Å². The number of aromatic nitrogens is 2. The lowest BCUT2D eigenvalue weighted by atomic mass is 9.78. The predicted molar refractivity (Wildman–Crippen MR) is 258 cm³/mol. The first-order valence-electron chi connectivity index (χ1n) is 21.2. The van der Waals surface area contributed by atoms with Crippen molar-refractivity contribution in [3.8, 4) is 72.4 Å². The van der Waals surface area contributed by atoms with E-state index < -0.39 is 0 Å². The molecule has 0 aliphatic heterocycles. The fourth-order valence-corrected chi connectivity index (χ4v) is 9.52. The lowest BCUT2D eigenvalue weighted by molar-refractivity contribution is 0.917. The van der Waals surface area contributed by atoms with E-state index in [4.69, 9.17) is 4.98 Å². The van der Waals surface area contributed by atoms with Crippen LogP contribution in [0.5, 0.6) is 0 Å². The second-order valence-corrected chi connectivity index (χ2v) is 15.7. The minimum Gasteiger partial charge on any atom is -0.295 e. The zero-order valence-corrected chi connectivity index (χ0v) is 34.0. The molecule has 0 unspecified atom stereocenters. The van der Waals surface area contributed by atoms with Crippen molar-refractivity contribution in [1.82, 2.24) is 9.55 Å². The van der Waals surface area contributed by atoms with Crippen LogP contribution in [0.3, 0.4) is 0 Å². The summed E-state index contributed by atoms with van der Waals surface area (Å²) in [5.74, 6) is 1.06. The van der Waals surface area contributed by atoms with Crippen LogP contribution in [0.2, 0.25) is 0 Å². The Kier molecular flexibility index (Phi) is 9.17. The van der Waals surface area contributed by atoms with E-state index in [1.54, 1.807) is 0 Å². The molecule has 11 aromatic rings. The molecule has 2 heteroatoms. The maximum Gasteiger partial charge on any atom is 0.114 e. The molecule has 1 heterocycles. The summed E-state index contributed by atoms with van der Waals surface area (Å²) in [5, 5.41) is 4.83. The van der Waals surface area contributed by atoms with Crippen LogP contribution >= 0.6 is 0 Å². The van der Waals surface area contributed by atoms with Crippen LogP contribution in [0.1, 0.15) is 12.7 Å². The van der Waals surface area contributed by atoms with Gasteiger partial charge < -0.3 is 0 Å². The highest BCUT2D eigenvalue weighted by Crippen LogP contribution is 2.51. The molecule has 0 aliphatic carbocycles. The maximum atomic E-state index is 5.13. The highest BCUT2D eigenvalue weighted by molar-refractivity contribution is 6.19. The van der Waals surface area contributed by atoms with Gasteiger partial charge in [0.15, 0.2) is 0 Å². The van der Waals surface area contributed by atoms with Crippen LogP contribution in [-0.4, -0.2) is 9.55 Å². The zero-order chi connectivity index (χ0) is 40.7. The number of fused-ring (bicyclic) bond motifs is 3. The van der Waals surface area contributed by atoms with E-state index in [0.29, 0.717) is 0 Å². The van der Waals surface area contributed by atoms with Crippen LogP contribution in [0.4, 0.5) is 0 Å². The molecule has 0 fully saturated rings. The molecule has 61 heavy (non-hydrogen) atoms. The zero-order valence-electron chi connectivity index (χ0n) is 34.0. The Morgan fingerprint density at radius 3 is 1.33 bits per heavy atom. The molecule has 0 saturated carbocycles. The van der Waals surface area contributed by atoms with Crippen molar-refractivity contribution in [2.75, 3.05) is 0 Å². The van der Waals surface area contributed by atoms with E-state index in [1.165, 1.54) is 88.4 Å². The van der Waals surface area contributed by atoms with Crippen LogP contribution in [0.25, 0.3) is 105 Å². The van der Waals surface area contributed by atoms with Gasteiger partial charge in [-0.1, -0.05) is 207 Å². The monoisotopic (exact) mass is 778 g/mol. The third kappa shape index (κ3) is 6.24. The molecule has 0 amide bonds. The SMILES string of the molecule is CCc1nc2ccccc2n1-c1c2ccccc2c(-c2cccc(-c3cc(-c4ccccc4)c(-c4ccccc4)c(-c4ccccc4)c3-c3ccccc3)c2)c2ccccc12. The minimum atomic E-state index is 0.823. The molecule has 10 aromatic carbocycles. The van der Waals surface area contributed by atoms with Gasteiger partial charge in [0.2, 0.25) is 0 Å². The maximum absolute atomic E-state index is 5.13. The first kappa shape index (κ1) is 36.3. The summed E-state index contributed by atoms with van der Waals surface area (Å²) in [7, 11) is 0. The molecule has 288 valence electrons.